The summed E-state index contributed by atoms with van der Waals surface area (Å²) in [5.41, 5.74) is 8.73. The average Bonchev–Trinajstić information content (AvgIpc) is 2.35. The molecule has 0 aliphatic heterocycles. The van der Waals surface area contributed by atoms with E-state index in [9.17, 15) is 4.79 Å². The fourth-order valence-corrected chi connectivity index (χ4v) is 0.808. The number of nitrogens with zero attached hydrogens (tertiary/aromatic N) is 3. The van der Waals surface area contributed by atoms with Gasteiger partial charge in [0.05, 0.1) is 12.4 Å². The quantitative estimate of drug-likeness (QED) is 0.486. The fraction of sp³-hybridized carbons (Fsp3) is 0.286. The molecule has 1 heterocycles. The minimum Gasteiger partial charge on any atom is -0.350 e. The van der Waals surface area contributed by atoms with Crippen molar-refractivity contribution in [3.63, 3.8) is 0 Å². The van der Waals surface area contributed by atoms with E-state index in [1.54, 1.807) is 10.9 Å². The molecule has 0 aliphatic carbocycles. The Kier molecular flexibility index (Phi) is 2.63. The van der Waals surface area contributed by atoms with Crippen LogP contribution in [0.5, 0.6) is 0 Å². The van der Waals surface area contributed by atoms with Crippen molar-refractivity contribution in [3.05, 3.63) is 17.5 Å². The van der Waals surface area contributed by atoms with Crippen LogP contribution in [-0.2, 0) is 7.05 Å². The molecule has 0 saturated carbocycles. The van der Waals surface area contributed by atoms with Crippen LogP contribution >= 0.6 is 0 Å². The zero-order valence-corrected chi connectivity index (χ0v) is 7.48. The summed E-state index contributed by atoms with van der Waals surface area (Å²) in [6.45, 7) is 1.90. The maximum Gasteiger partial charge on any atom is 0.332 e. The third kappa shape index (κ3) is 2.29. The highest BCUT2D eigenvalue weighted by atomic mass is 16.2. The minimum absolute atomic E-state index is 0.683. The summed E-state index contributed by atoms with van der Waals surface area (Å²) in [7, 11) is 1.83. The summed E-state index contributed by atoms with van der Waals surface area (Å²) < 4.78 is 1.71. The van der Waals surface area contributed by atoms with E-state index in [1.807, 2.05) is 14.0 Å². The first-order valence-corrected chi connectivity index (χ1v) is 3.68. The monoisotopic (exact) mass is 181 g/mol. The van der Waals surface area contributed by atoms with Gasteiger partial charge in [0, 0.05) is 18.3 Å². The molecule has 13 heavy (non-hydrogen) atoms. The lowest BCUT2D eigenvalue weighted by molar-refractivity contribution is 0.249. The highest BCUT2D eigenvalue weighted by molar-refractivity contribution is 5.82. The zero-order chi connectivity index (χ0) is 9.84. The molecule has 1 aromatic heterocycles. The predicted molar refractivity (Wildman–Crippen MR) is 48.3 cm³/mol. The number of aromatic nitrogens is 2. The van der Waals surface area contributed by atoms with Crippen LogP contribution in [0.25, 0.3) is 0 Å². The molecule has 70 valence electrons. The Hall–Kier alpha value is -1.85. The van der Waals surface area contributed by atoms with Gasteiger partial charge in [-0.3, -0.25) is 4.68 Å². The van der Waals surface area contributed by atoms with E-state index in [0.29, 0.717) is 0 Å². The molecule has 6 nitrogen and oxygen atoms in total. The molecule has 0 atom stereocenters. The van der Waals surface area contributed by atoms with Gasteiger partial charge in [0.1, 0.15) is 0 Å². The van der Waals surface area contributed by atoms with Gasteiger partial charge < -0.3 is 5.73 Å². The number of nitrogens with one attached hydrogen (secondary N) is 1. The van der Waals surface area contributed by atoms with E-state index < -0.39 is 6.03 Å². The van der Waals surface area contributed by atoms with E-state index in [4.69, 9.17) is 5.73 Å². The normalized spacial score (nSPS) is 10.6. The van der Waals surface area contributed by atoms with E-state index in [2.05, 4.69) is 15.6 Å². The Labute approximate surface area is 75.4 Å². The molecular formula is C7H11N5O. The lowest BCUT2D eigenvalue weighted by atomic mass is 10.3. The molecule has 0 unspecified atom stereocenters. The Morgan fingerprint density at radius 3 is 3.00 bits per heavy atom. The van der Waals surface area contributed by atoms with Crippen LogP contribution in [0.3, 0.4) is 0 Å². The van der Waals surface area contributed by atoms with E-state index >= 15 is 0 Å². The Morgan fingerprint density at radius 1 is 1.85 bits per heavy atom. The molecule has 0 fully saturated rings. The standard InChI is InChI=1S/C7H11N5O/c1-5-6(4-10-12(5)2)3-9-11-7(8)13/h3-4H,1-2H3,(H3,8,11,13)/b9-3+. The molecule has 0 aliphatic rings. The first-order valence-electron chi connectivity index (χ1n) is 3.68. The molecule has 3 N–H and O–H groups in total. The third-order valence-electron chi connectivity index (χ3n) is 1.65. The van der Waals surface area contributed by atoms with Crippen molar-refractivity contribution >= 4 is 12.2 Å². The summed E-state index contributed by atoms with van der Waals surface area (Å²) in [5.74, 6) is 0. The van der Waals surface area contributed by atoms with Crippen molar-refractivity contribution in [2.45, 2.75) is 6.92 Å². The van der Waals surface area contributed by atoms with Crippen LogP contribution in [0.4, 0.5) is 4.79 Å². The van der Waals surface area contributed by atoms with Crippen molar-refractivity contribution in [2.24, 2.45) is 17.9 Å². The Balaban J connectivity index is 2.69. The first-order chi connectivity index (χ1) is 6.11. The maximum absolute atomic E-state index is 10.3. The zero-order valence-electron chi connectivity index (χ0n) is 7.48. The van der Waals surface area contributed by atoms with E-state index in [0.717, 1.165) is 11.3 Å². The SMILES string of the molecule is Cc1c(/C=N/NC(N)=O)cnn1C. The largest absolute Gasteiger partial charge is 0.350 e. The number of rotatable bonds is 2. The van der Waals surface area contributed by atoms with Crippen LogP contribution in [-0.4, -0.2) is 22.0 Å². The van der Waals surface area contributed by atoms with Gasteiger partial charge in [0.15, 0.2) is 0 Å². The molecule has 2 amide bonds. The molecular weight excluding hydrogens is 170 g/mol. The van der Waals surface area contributed by atoms with Gasteiger partial charge in [-0.25, -0.2) is 10.2 Å². The molecule has 0 radical (unpaired) electrons. The lowest BCUT2D eigenvalue weighted by Crippen LogP contribution is -2.24. The van der Waals surface area contributed by atoms with E-state index in [-0.39, 0.29) is 0 Å². The van der Waals surface area contributed by atoms with E-state index in [1.165, 1.54) is 6.21 Å². The third-order valence-corrected chi connectivity index (χ3v) is 1.65. The van der Waals surface area contributed by atoms with Crippen molar-refractivity contribution in [3.8, 4) is 0 Å². The van der Waals surface area contributed by atoms with Crippen LogP contribution in [0, 0.1) is 6.92 Å². The van der Waals surface area contributed by atoms with Crippen LogP contribution in [0.2, 0.25) is 0 Å². The number of urea groups is 1. The van der Waals surface area contributed by atoms with Gasteiger partial charge in [-0.2, -0.15) is 10.2 Å². The topological polar surface area (TPSA) is 85.3 Å². The molecule has 0 bridgehead atoms. The number of hydrogen-bond donors (Lipinski definition) is 2. The van der Waals surface area contributed by atoms with Gasteiger partial charge in [-0.1, -0.05) is 0 Å². The average molecular weight is 181 g/mol. The molecule has 0 saturated heterocycles. The fourth-order valence-electron chi connectivity index (χ4n) is 0.808. The molecule has 0 spiro atoms. The van der Waals surface area contributed by atoms with Gasteiger partial charge in [-0.05, 0) is 6.92 Å². The molecule has 1 rings (SSSR count). The van der Waals surface area contributed by atoms with Crippen molar-refractivity contribution in [2.75, 3.05) is 0 Å². The summed E-state index contributed by atoms with van der Waals surface area (Å²) >= 11 is 0. The van der Waals surface area contributed by atoms with Gasteiger partial charge >= 0.3 is 6.03 Å². The van der Waals surface area contributed by atoms with Crippen LogP contribution < -0.4 is 11.2 Å². The van der Waals surface area contributed by atoms with Crippen molar-refractivity contribution < 1.29 is 4.79 Å². The Morgan fingerprint density at radius 2 is 2.54 bits per heavy atom. The number of primary amides is 1. The van der Waals surface area contributed by atoms with Gasteiger partial charge in [-0.15, -0.1) is 0 Å². The summed E-state index contributed by atoms with van der Waals surface area (Å²) in [6.07, 6.45) is 3.15. The number of hydrogen-bond acceptors (Lipinski definition) is 3. The molecule has 1 aromatic rings. The number of amides is 2. The summed E-state index contributed by atoms with van der Waals surface area (Å²) in [5, 5.41) is 7.61. The number of carbonyl (C=O) groups excluding carboxylic acids is 1. The minimum atomic E-state index is -0.683. The first kappa shape index (κ1) is 9.24. The summed E-state index contributed by atoms with van der Waals surface area (Å²) in [4.78, 5) is 10.3. The number of hydrazone groups is 1. The molecule has 0 aromatic carbocycles. The summed E-state index contributed by atoms with van der Waals surface area (Å²) in [6, 6.07) is -0.683. The highest BCUT2D eigenvalue weighted by Gasteiger charge is 1.99. The molecule has 6 heteroatoms. The lowest BCUT2D eigenvalue weighted by Gasteiger charge is -1.93. The second-order valence-electron chi connectivity index (χ2n) is 2.54. The number of carbonyl (C=O) groups is 1. The van der Waals surface area contributed by atoms with Gasteiger partial charge in [0.25, 0.3) is 0 Å². The van der Waals surface area contributed by atoms with Crippen molar-refractivity contribution in [1.29, 1.82) is 0 Å². The Bertz CT molecular complexity index is 341. The smallest absolute Gasteiger partial charge is 0.332 e. The number of aryl methyl sites for hydroxylation is 1. The second kappa shape index (κ2) is 3.70. The second-order valence-corrected chi connectivity index (χ2v) is 2.54. The van der Waals surface area contributed by atoms with Gasteiger partial charge in [0.2, 0.25) is 0 Å². The number of nitrogens with two attached hydrogens (primary N) is 1. The predicted octanol–water partition coefficient (Wildman–Crippen LogP) is -0.269. The van der Waals surface area contributed by atoms with Crippen molar-refractivity contribution in [1.82, 2.24) is 15.2 Å². The highest BCUT2D eigenvalue weighted by Crippen LogP contribution is 2.00. The van der Waals surface area contributed by atoms with Crippen LogP contribution in [0.1, 0.15) is 11.3 Å². The van der Waals surface area contributed by atoms with Crippen LogP contribution in [0.15, 0.2) is 11.3 Å². The maximum atomic E-state index is 10.3.